The molecule has 16 nitrogen and oxygen atoms in total. The number of benzene rings is 1. The number of fused-ring (bicyclic) bond motifs is 6. The van der Waals surface area contributed by atoms with Gasteiger partial charge in [-0.1, -0.05) is 33.8 Å². The molecule has 65 heavy (non-hydrogen) atoms. The van der Waals surface area contributed by atoms with E-state index in [-0.39, 0.29) is 37.1 Å². The average Bonchev–Trinajstić information content (AvgIpc) is 3.88. The van der Waals surface area contributed by atoms with Gasteiger partial charge in [0, 0.05) is 85.8 Å². The lowest BCUT2D eigenvalue weighted by atomic mass is 9.84. The quantitative estimate of drug-likeness (QED) is 0.192. The third-order valence-electron chi connectivity index (χ3n) is 12.8. The molecule has 6 bridgehead atoms. The molecule has 3 aliphatic rings. The third-order valence-corrected chi connectivity index (χ3v) is 13.7. The van der Waals surface area contributed by atoms with Crippen LogP contribution in [0.3, 0.4) is 0 Å². The van der Waals surface area contributed by atoms with Gasteiger partial charge in [-0.2, -0.15) is 0 Å². The predicted molar refractivity (Wildman–Crippen MR) is 251 cm³/mol. The van der Waals surface area contributed by atoms with Crippen molar-refractivity contribution in [3.63, 3.8) is 0 Å². The maximum absolute atomic E-state index is 14.7. The van der Waals surface area contributed by atoms with E-state index in [9.17, 15) is 19.2 Å². The summed E-state index contributed by atoms with van der Waals surface area (Å²) in [6.45, 7) is 15.1. The lowest BCUT2D eigenvalue weighted by molar-refractivity contribution is -0.155. The topological polar surface area (TPSA) is 164 Å². The van der Waals surface area contributed by atoms with Crippen LogP contribution in [0.15, 0.2) is 41.9 Å². The highest BCUT2D eigenvalue weighted by Gasteiger charge is 2.40. The van der Waals surface area contributed by atoms with Gasteiger partial charge in [-0.3, -0.25) is 24.4 Å². The van der Waals surface area contributed by atoms with E-state index in [4.69, 9.17) is 24.2 Å². The Bertz CT molecular complexity index is 2360. The Morgan fingerprint density at radius 2 is 1.91 bits per heavy atom. The molecule has 3 aliphatic heterocycles. The molecule has 6 heterocycles. The van der Waals surface area contributed by atoms with Gasteiger partial charge < -0.3 is 38.8 Å². The van der Waals surface area contributed by atoms with Crippen LogP contribution in [0.2, 0.25) is 0 Å². The molecule has 2 N–H and O–H groups in total. The number of methoxy groups -OCH3 is 1. The minimum atomic E-state index is -1.06. The van der Waals surface area contributed by atoms with E-state index in [1.807, 2.05) is 51.2 Å². The highest BCUT2D eigenvalue weighted by atomic mass is 32.1. The number of pyridine rings is 1. The van der Waals surface area contributed by atoms with Gasteiger partial charge in [0.05, 0.1) is 54.1 Å². The second-order valence-electron chi connectivity index (χ2n) is 19.0. The normalized spacial score (nSPS) is 21.6. The lowest BCUT2D eigenvalue weighted by Crippen LogP contribution is -2.63. The molecular formula is C48H67N9O7S. The number of nitrogens with one attached hydrogen (secondary N) is 2. The zero-order chi connectivity index (χ0) is 46.7. The number of carbonyl (C=O) groups excluding carboxylic acids is 4. The summed E-state index contributed by atoms with van der Waals surface area (Å²) in [4.78, 5) is 72.5. The molecule has 0 spiro atoms. The van der Waals surface area contributed by atoms with Crippen molar-refractivity contribution in [1.29, 1.82) is 0 Å². The van der Waals surface area contributed by atoms with E-state index in [1.54, 1.807) is 25.3 Å². The number of esters is 1. The molecule has 2 saturated heterocycles. The number of cyclic esters (lactones) is 1. The van der Waals surface area contributed by atoms with Gasteiger partial charge in [-0.25, -0.2) is 15.2 Å². The number of hydrogen-bond donors (Lipinski definition) is 2. The maximum Gasteiger partial charge on any atom is 0.324 e. The number of morpholine rings is 1. The van der Waals surface area contributed by atoms with Crippen molar-refractivity contribution in [2.75, 3.05) is 67.7 Å². The molecule has 0 radical (unpaired) electrons. The smallest absolute Gasteiger partial charge is 0.324 e. The van der Waals surface area contributed by atoms with E-state index < -0.39 is 41.3 Å². The van der Waals surface area contributed by atoms with Crippen LogP contribution in [0.1, 0.15) is 76.8 Å². The highest BCUT2D eigenvalue weighted by molar-refractivity contribution is 7.10. The van der Waals surface area contributed by atoms with Gasteiger partial charge in [0.15, 0.2) is 0 Å². The number of hydrogen-bond acceptors (Lipinski definition) is 12. The van der Waals surface area contributed by atoms with Crippen molar-refractivity contribution in [3.05, 3.63) is 58.2 Å². The van der Waals surface area contributed by atoms with Crippen LogP contribution in [0.5, 0.6) is 0 Å². The van der Waals surface area contributed by atoms with Gasteiger partial charge in [-0.05, 0) is 83.0 Å². The van der Waals surface area contributed by atoms with Crippen LogP contribution in [-0.4, -0.2) is 150 Å². The first-order chi connectivity index (χ1) is 31.0. The first-order valence-electron chi connectivity index (χ1n) is 22.9. The second-order valence-corrected chi connectivity index (χ2v) is 20.0. The monoisotopic (exact) mass is 913 g/mol. The van der Waals surface area contributed by atoms with E-state index in [0.29, 0.717) is 63.7 Å². The summed E-state index contributed by atoms with van der Waals surface area (Å²) in [7, 11) is 7.24. The number of urea groups is 1. The molecular weight excluding hydrogens is 847 g/mol. The average molecular weight is 914 g/mol. The van der Waals surface area contributed by atoms with Crippen molar-refractivity contribution in [1.82, 2.24) is 45.0 Å². The van der Waals surface area contributed by atoms with Crippen LogP contribution in [0.25, 0.3) is 33.4 Å². The van der Waals surface area contributed by atoms with Crippen molar-refractivity contribution in [2.24, 2.45) is 11.3 Å². The van der Waals surface area contributed by atoms with Gasteiger partial charge in [0.25, 0.3) is 5.91 Å². The SMILES string of the molecule is CCn1c(-c2cccnc2[C@H](C)OC)c2c3cc(ccc31)-c1csc(n1)C[C@H](NC(=O)[C@H](C(C)C)N(C)C(=O)N1CCOC[C@@H]1CN(C)C)C(=O)N1CCC[C@H](N1)C(=O)OCC(C)(C)C2. The summed E-state index contributed by atoms with van der Waals surface area (Å²) >= 11 is 1.42. The van der Waals surface area contributed by atoms with Crippen LogP contribution >= 0.6 is 11.3 Å². The molecule has 4 amide bonds. The maximum atomic E-state index is 14.7. The zero-order valence-corrected chi connectivity index (χ0v) is 40.5. The molecule has 2 fully saturated rings. The molecule has 7 rings (SSSR count). The number of aromatic nitrogens is 3. The summed E-state index contributed by atoms with van der Waals surface area (Å²) in [5.74, 6) is -1.58. The number of nitrogens with zero attached hydrogens (tertiary/aromatic N) is 7. The van der Waals surface area contributed by atoms with E-state index >= 15 is 0 Å². The second kappa shape index (κ2) is 20.3. The van der Waals surface area contributed by atoms with Gasteiger partial charge >= 0.3 is 12.0 Å². The first-order valence-corrected chi connectivity index (χ1v) is 23.8. The van der Waals surface area contributed by atoms with Crippen molar-refractivity contribution in [3.8, 4) is 22.5 Å². The van der Waals surface area contributed by atoms with Gasteiger partial charge in [-0.15, -0.1) is 11.3 Å². The molecule has 0 saturated carbocycles. The molecule has 17 heteroatoms. The number of carbonyl (C=O) groups is 4. The number of ether oxygens (including phenoxy) is 3. The largest absolute Gasteiger partial charge is 0.464 e. The van der Waals surface area contributed by atoms with Gasteiger partial charge in [0.2, 0.25) is 5.91 Å². The van der Waals surface area contributed by atoms with Gasteiger partial charge in [0.1, 0.15) is 18.1 Å². The fraction of sp³-hybridized carbons (Fsp3) is 0.583. The Kier molecular flexibility index (Phi) is 15.0. The number of amides is 4. The molecule has 5 atom stereocenters. The summed E-state index contributed by atoms with van der Waals surface area (Å²) in [5, 5.41) is 8.20. The molecule has 3 aromatic heterocycles. The summed E-state index contributed by atoms with van der Waals surface area (Å²) in [6.07, 6.45) is 3.26. The summed E-state index contributed by atoms with van der Waals surface area (Å²) in [5.41, 5.74) is 9.36. The Labute approximate surface area is 386 Å². The number of aryl methyl sites for hydroxylation is 1. The molecule has 0 aliphatic carbocycles. The third kappa shape index (κ3) is 10.4. The Morgan fingerprint density at radius 1 is 1.12 bits per heavy atom. The Morgan fingerprint density at radius 3 is 2.63 bits per heavy atom. The van der Waals surface area contributed by atoms with E-state index in [2.05, 4.69) is 60.3 Å². The fourth-order valence-corrected chi connectivity index (χ4v) is 10.4. The fourth-order valence-electron chi connectivity index (χ4n) is 9.55. The minimum absolute atomic E-state index is 0.0961. The van der Waals surface area contributed by atoms with Crippen molar-refractivity contribution in [2.45, 2.75) is 104 Å². The molecule has 1 aromatic carbocycles. The van der Waals surface area contributed by atoms with Crippen LogP contribution < -0.4 is 10.7 Å². The van der Waals surface area contributed by atoms with E-state index in [0.717, 1.165) is 44.7 Å². The highest BCUT2D eigenvalue weighted by Crippen LogP contribution is 2.42. The van der Waals surface area contributed by atoms with Crippen LogP contribution in [0.4, 0.5) is 4.79 Å². The summed E-state index contributed by atoms with van der Waals surface area (Å²) < 4.78 is 20.0. The lowest BCUT2D eigenvalue weighted by Gasteiger charge is -2.41. The number of likely N-dealkylation sites (N-methyl/N-ethyl adjacent to an activating group) is 2. The first kappa shape index (κ1) is 48.0. The Hall–Kier alpha value is -4.94. The standard InChI is InChI=1S/C48H67N9O7S/c1-11-55-39-17-16-31-22-34(39)35(43(55)33-14-12-18-49-41(33)30(4)62-10)24-48(5,6)28-64-46(60)36-15-13-19-57(52-36)45(59)37(23-40-50-38(31)27-65-40)51-44(58)42(29(2)3)54(9)47(61)56-20-21-63-26-32(56)25-53(7)8/h12,14,16-18,22,27,29-30,32,36-37,42,52H,11,13,15,19-21,23-26,28H2,1-10H3,(H,51,58)/t30-,32-,36-,37-,42-/m0/s1. The van der Waals surface area contributed by atoms with Crippen molar-refractivity contribution >= 4 is 46.1 Å². The molecule has 352 valence electrons. The number of hydrazine groups is 1. The number of thiazole rings is 1. The van der Waals surface area contributed by atoms with Crippen LogP contribution in [-0.2, 0) is 48.0 Å². The Balaban J connectivity index is 1.27. The van der Waals surface area contributed by atoms with Crippen LogP contribution in [0, 0.1) is 11.3 Å². The summed E-state index contributed by atoms with van der Waals surface area (Å²) in [6, 6.07) is 7.28. The van der Waals surface area contributed by atoms with E-state index in [1.165, 1.54) is 21.2 Å². The molecule has 4 aromatic rings. The zero-order valence-electron chi connectivity index (χ0n) is 39.7. The molecule has 0 unspecified atom stereocenters. The minimum Gasteiger partial charge on any atom is -0.464 e. The van der Waals surface area contributed by atoms with Crippen molar-refractivity contribution < 1.29 is 33.4 Å². The number of rotatable bonds is 10. The predicted octanol–water partition coefficient (Wildman–Crippen LogP) is 5.54.